The van der Waals surface area contributed by atoms with Gasteiger partial charge in [0.1, 0.15) is 0 Å². The van der Waals surface area contributed by atoms with Crippen LogP contribution in [0.3, 0.4) is 0 Å². The van der Waals surface area contributed by atoms with Crippen LogP contribution in [0.15, 0.2) is 0 Å². The highest BCUT2D eigenvalue weighted by Gasteiger charge is 2.23. The number of methoxy groups -OCH3 is 1. The van der Waals surface area contributed by atoms with Crippen molar-refractivity contribution in [3.63, 3.8) is 0 Å². The van der Waals surface area contributed by atoms with Gasteiger partial charge in [-0.15, -0.1) is 0 Å². The van der Waals surface area contributed by atoms with Gasteiger partial charge in [0.05, 0.1) is 19.0 Å². The lowest BCUT2D eigenvalue weighted by Gasteiger charge is -2.04. The molecule has 0 saturated carbocycles. The largest absolute Gasteiger partial charge is 0.469 e. The molecule has 82 valence electrons. The number of unbranched alkanes of at least 4 members (excludes halogenated alkanes) is 1. The van der Waals surface area contributed by atoms with Crippen LogP contribution < -0.4 is 0 Å². The third-order valence-electron chi connectivity index (χ3n) is 2.30. The number of esters is 1. The SMILES string of the molecule is COC(=O)CCCCC1CCOS1=O. The lowest BCUT2D eigenvalue weighted by molar-refractivity contribution is -0.140. The molecule has 0 amide bonds. The standard InChI is InChI=1S/C9H16O4S/c1-12-9(10)5-3-2-4-8-6-7-13-14(8)11/h8H,2-7H2,1H3. The smallest absolute Gasteiger partial charge is 0.305 e. The minimum atomic E-state index is -1.09. The highest BCUT2D eigenvalue weighted by molar-refractivity contribution is 7.81. The van der Waals surface area contributed by atoms with Crippen LogP contribution in [-0.2, 0) is 24.8 Å². The minimum absolute atomic E-state index is 0.172. The minimum Gasteiger partial charge on any atom is -0.469 e. The fraction of sp³-hybridized carbons (Fsp3) is 0.889. The van der Waals surface area contributed by atoms with E-state index in [0.717, 1.165) is 25.7 Å². The molecule has 1 heterocycles. The zero-order valence-electron chi connectivity index (χ0n) is 8.36. The van der Waals surface area contributed by atoms with E-state index in [0.29, 0.717) is 13.0 Å². The molecule has 0 aromatic heterocycles. The first-order valence-corrected chi connectivity index (χ1v) is 5.98. The van der Waals surface area contributed by atoms with Crippen LogP contribution in [-0.4, -0.2) is 29.1 Å². The van der Waals surface area contributed by atoms with Crippen molar-refractivity contribution in [2.24, 2.45) is 0 Å². The summed E-state index contributed by atoms with van der Waals surface area (Å²) in [5.74, 6) is -0.172. The third-order valence-corrected chi connectivity index (χ3v) is 3.71. The van der Waals surface area contributed by atoms with Crippen molar-refractivity contribution < 1.29 is 17.9 Å². The molecular weight excluding hydrogens is 204 g/mol. The Morgan fingerprint density at radius 3 is 2.93 bits per heavy atom. The second-order valence-corrected chi connectivity index (χ2v) is 4.74. The highest BCUT2D eigenvalue weighted by Crippen LogP contribution is 2.19. The Morgan fingerprint density at radius 1 is 1.57 bits per heavy atom. The first-order chi connectivity index (χ1) is 6.74. The summed E-state index contributed by atoms with van der Waals surface area (Å²) >= 11 is -1.09. The number of hydrogen-bond donors (Lipinski definition) is 0. The summed E-state index contributed by atoms with van der Waals surface area (Å²) in [4.78, 5) is 10.8. The summed E-state index contributed by atoms with van der Waals surface area (Å²) in [6.45, 7) is 0.605. The summed E-state index contributed by atoms with van der Waals surface area (Å²) in [5, 5.41) is 0.174. The molecule has 1 saturated heterocycles. The lowest BCUT2D eigenvalue weighted by Crippen LogP contribution is -2.08. The van der Waals surface area contributed by atoms with Gasteiger partial charge in [-0.1, -0.05) is 6.42 Å². The molecule has 0 bridgehead atoms. The van der Waals surface area contributed by atoms with Crippen LogP contribution in [0, 0.1) is 0 Å². The van der Waals surface area contributed by atoms with Crippen molar-refractivity contribution in [1.29, 1.82) is 0 Å². The van der Waals surface area contributed by atoms with E-state index >= 15 is 0 Å². The number of hydrogen-bond acceptors (Lipinski definition) is 4. The fourth-order valence-electron chi connectivity index (χ4n) is 1.44. The quantitative estimate of drug-likeness (QED) is 0.515. The summed E-state index contributed by atoms with van der Waals surface area (Å²) in [6.07, 6.45) is 3.93. The first-order valence-electron chi connectivity index (χ1n) is 4.84. The topological polar surface area (TPSA) is 52.6 Å². The molecule has 2 unspecified atom stereocenters. The predicted molar refractivity (Wildman–Crippen MR) is 53.0 cm³/mol. The Morgan fingerprint density at radius 2 is 2.36 bits per heavy atom. The average Bonchev–Trinajstić information content (AvgIpc) is 2.58. The van der Waals surface area contributed by atoms with E-state index in [4.69, 9.17) is 4.18 Å². The van der Waals surface area contributed by atoms with Gasteiger partial charge in [0, 0.05) is 6.42 Å². The maximum absolute atomic E-state index is 11.2. The Kier molecular flexibility index (Phi) is 5.11. The molecule has 0 spiro atoms. The van der Waals surface area contributed by atoms with Crippen molar-refractivity contribution in [1.82, 2.24) is 0 Å². The van der Waals surface area contributed by atoms with E-state index in [1.165, 1.54) is 7.11 Å². The molecule has 14 heavy (non-hydrogen) atoms. The van der Waals surface area contributed by atoms with E-state index in [9.17, 15) is 9.00 Å². The van der Waals surface area contributed by atoms with Crippen LogP contribution in [0.1, 0.15) is 32.1 Å². The van der Waals surface area contributed by atoms with Crippen LogP contribution in [0.2, 0.25) is 0 Å². The molecule has 0 radical (unpaired) electrons. The Balaban J connectivity index is 2.03. The van der Waals surface area contributed by atoms with Crippen molar-refractivity contribution in [3.05, 3.63) is 0 Å². The summed E-state index contributed by atoms with van der Waals surface area (Å²) < 4.78 is 20.6. The van der Waals surface area contributed by atoms with Gasteiger partial charge in [-0.25, -0.2) is 4.21 Å². The van der Waals surface area contributed by atoms with Gasteiger partial charge in [0.15, 0.2) is 11.1 Å². The average molecular weight is 220 g/mol. The zero-order valence-corrected chi connectivity index (χ0v) is 9.18. The molecule has 0 aromatic rings. The molecule has 0 aromatic carbocycles. The monoisotopic (exact) mass is 220 g/mol. The molecule has 1 rings (SSSR count). The van der Waals surface area contributed by atoms with Crippen molar-refractivity contribution in [3.8, 4) is 0 Å². The number of rotatable bonds is 5. The van der Waals surface area contributed by atoms with Gasteiger partial charge in [0.25, 0.3) is 0 Å². The van der Waals surface area contributed by atoms with E-state index in [1.807, 2.05) is 0 Å². The van der Waals surface area contributed by atoms with Crippen LogP contribution in [0.5, 0.6) is 0 Å². The van der Waals surface area contributed by atoms with Crippen molar-refractivity contribution in [2.45, 2.75) is 37.4 Å². The zero-order chi connectivity index (χ0) is 10.4. The predicted octanol–water partition coefficient (Wildman–Crippen LogP) is 1.17. The van der Waals surface area contributed by atoms with Gasteiger partial charge in [-0.2, -0.15) is 0 Å². The summed E-state index contributed by atoms with van der Waals surface area (Å²) in [5.41, 5.74) is 0. The van der Waals surface area contributed by atoms with E-state index in [1.54, 1.807) is 0 Å². The van der Waals surface area contributed by atoms with E-state index in [-0.39, 0.29) is 11.2 Å². The molecule has 1 aliphatic rings. The van der Waals surface area contributed by atoms with Gasteiger partial charge >= 0.3 is 5.97 Å². The maximum atomic E-state index is 11.2. The maximum Gasteiger partial charge on any atom is 0.305 e. The number of carbonyl (C=O) groups is 1. The molecule has 1 aliphatic heterocycles. The fourth-order valence-corrected chi connectivity index (χ4v) is 2.54. The number of carbonyl (C=O) groups excluding carboxylic acids is 1. The second kappa shape index (κ2) is 6.14. The van der Waals surface area contributed by atoms with Crippen molar-refractivity contribution >= 4 is 17.0 Å². The van der Waals surface area contributed by atoms with E-state index < -0.39 is 11.1 Å². The van der Waals surface area contributed by atoms with Crippen LogP contribution in [0.25, 0.3) is 0 Å². The van der Waals surface area contributed by atoms with Crippen LogP contribution in [0.4, 0.5) is 0 Å². The molecule has 4 nitrogen and oxygen atoms in total. The molecule has 0 N–H and O–H groups in total. The molecule has 5 heteroatoms. The second-order valence-electron chi connectivity index (χ2n) is 3.32. The van der Waals surface area contributed by atoms with Crippen LogP contribution >= 0.6 is 0 Å². The Bertz CT molecular complexity index is 217. The third kappa shape index (κ3) is 3.75. The molecular formula is C9H16O4S. The summed E-state index contributed by atoms with van der Waals surface area (Å²) in [7, 11) is 1.39. The molecule has 1 fully saturated rings. The lowest BCUT2D eigenvalue weighted by atomic mass is 10.1. The van der Waals surface area contributed by atoms with Gasteiger partial charge in [-0.05, 0) is 19.3 Å². The summed E-state index contributed by atoms with van der Waals surface area (Å²) in [6, 6.07) is 0. The Labute approximate surface area is 86.6 Å². The molecule has 2 atom stereocenters. The Hall–Kier alpha value is -0.420. The normalized spacial score (nSPS) is 26.4. The van der Waals surface area contributed by atoms with Gasteiger partial charge in [-0.3, -0.25) is 8.98 Å². The molecule has 0 aliphatic carbocycles. The first kappa shape index (κ1) is 11.7. The number of ether oxygens (including phenoxy) is 1. The van der Waals surface area contributed by atoms with Gasteiger partial charge in [0.2, 0.25) is 0 Å². The van der Waals surface area contributed by atoms with Gasteiger partial charge < -0.3 is 4.74 Å². The van der Waals surface area contributed by atoms with E-state index in [2.05, 4.69) is 4.74 Å². The van der Waals surface area contributed by atoms with Crippen molar-refractivity contribution in [2.75, 3.05) is 13.7 Å². The highest BCUT2D eigenvalue weighted by atomic mass is 32.2.